The molecule has 8 nitrogen and oxygen atoms in total. The second kappa shape index (κ2) is 7.83. The molecule has 1 aromatic carbocycles. The van der Waals surface area contributed by atoms with Crippen molar-refractivity contribution in [3.63, 3.8) is 0 Å². The lowest BCUT2D eigenvalue weighted by molar-refractivity contribution is -0.384. The summed E-state index contributed by atoms with van der Waals surface area (Å²) in [6.07, 6.45) is 0.0863. The van der Waals surface area contributed by atoms with Gasteiger partial charge in [-0.1, -0.05) is 6.92 Å². The molecule has 0 radical (unpaired) electrons. The van der Waals surface area contributed by atoms with Gasteiger partial charge in [0.2, 0.25) is 0 Å². The van der Waals surface area contributed by atoms with E-state index >= 15 is 0 Å². The number of aryl methyl sites for hydroxylation is 1. The Morgan fingerprint density at radius 3 is 2.71 bits per heavy atom. The topological polar surface area (TPSA) is 125 Å². The highest BCUT2D eigenvalue weighted by molar-refractivity contribution is 5.96. The molecule has 8 heteroatoms. The van der Waals surface area contributed by atoms with Crippen molar-refractivity contribution in [3.05, 3.63) is 39.4 Å². The van der Waals surface area contributed by atoms with E-state index in [1.807, 2.05) is 6.92 Å². The minimum atomic E-state index is -0.857. The number of primary amides is 1. The number of hydrogen-bond donors (Lipinski definition) is 2. The van der Waals surface area contributed by atoms with Crippen LogP contribution in [0.2, 0.25) is 0 Å². The number of hydrogen-bond acceptors (Lipinski definition) is 5. The lowest BCUT2D eigenvalue weighted by Crippen LogP contribution is -2.27. The number of rotatable bonds is 7. The first kappa shape index (κ1) is 16.4. The van der Waals surface area contributed by atoms with Crippen molar-refractivity contribution < 1.29 is 19.2 Å². The van der Waals surface area contributed by atoms with Gasteiger partial charge in [-0.2, -0.15) is 0 Å². The summed E-state index contributed by atoms with van der Waals surface area (Å²) in [5, 5.41) is 13.4. The molecule has 0 fully saturated rings. The van der Waals surface area contributed by atoms with Crippen LogP contribution in [0.5, 0.6) is 0 Å². The number of amides is 2. The van der Waals surface area contributed by atoms with Gasteiger partial charge in [0, 0.05) is 24.2 Å². The predicted molar refractivity (Wildman–Crippen MR) is 75.0 cm³/mol. The van der Waals surface area contributed by atoms with E-state index in [0.29, 0.717) is 30.5 Å². The highest BCUT2D eigenvalue weighted by atomic mass is 16.6. The maximum atomic E-state index is 12.0. The highest BCUT2D eigenvalue weighted by Gasteiger charge is 2.14. The minimum absolute atomic E-state index is 0.0433. The van der Waals surface area contributed by atoms with Crippen LogP contribution in [0.15, 0.2) is 18.2 Å². The second-order valence-electron chi connectivity index (χ2n) is 4.23. The van der Waals surface area contributed by atoms with Crippen LogP contribution in [0.3, 0.4) is 0 Å². The third-order valence-corrected chi connectivity index (χ3v) is 2.78. The molecule has 0 heterocycles. The van der Waals surface area contributed by atoms with Crippen LogP contribution in [0.25, 0.3) is 0 Å². The Kier molecular flexibility index (Phi) is 6.12. The Bertz CT molecular complexity index is 545. The van der Waals surface area contributed by atoms with Gasteiger partial charge in [-0.25, -0.2) is 4.79 Å². The lowest BCUT2D eigenvalue weighted by atomic mass is 10.0. The Hall–Kier alpha value is -2.64. The van der Waals surface area contributed by atoms with Crippen LogP contribution in [0, 0.1) is 10.1 Å². The largest absolute Gasteiger partial charge is 0.450 e. The van der Waals surface area contributed by atoms with Gasteiger partial charge in [-0.15, -0.1) is 0 Å². The Balaban J connectivity index is 2.61. The number of benzene rings is 1. The molecular weight excluding hydrogens is 278 g/mol. The SMILES string of the molecule is CCc1cc([N+](=O)[O-])ccc1C(=O)NCCCOC(N)=O. The van der Waals surface area contributed by atoms with E-state index in [4.69, 9.17) is 5.73 Å². The maximum absolute atomic E-state index is 12.0. The molecule has 3 N–H and O–H groups in total. The molecule has 0 bridgehead atoms. The summed E-state index contributed by atoms with van der Waals surface area (Å²) < 4.78 is 4.53. The Morgan fingerprint density at radius 2 is 2.14 bits per heavy atom. The van der Waals surface area contributed by atoms with E-state index in [-0.39, 0.29) is 18.2 Å². The van der Waals surface area contributed by atoms with Crippen molar-refractivity contribution in [3.8, 4) is 0 Å². The average Bonchev–Trinajstić information content (AvgIpc) is 2.45. The number of carbonyl (C=O) groups excluding carboxylic acids is 2. The fourth-order valence-corrected chi connectivity index (χ4v) is 1.75. The van der Waals surface area contributed by atoms with Crippen molar-refractivity contribution in [2.45, 2.75) is 19.8 Å². The van der Waals surface area contributed by atoms with Gasteiger partial charge in [0.1, 0.15) is 0 Å². The number of nitrogens with two attached hydrogens (primary N) is 1. The van der Waals surface area contributed by atoms with Crippen LogP contribution in [-0.2, 0) is 11.2 Å². The molecule has 0 aliphatic heterocycles. The molecule has 114 valence electrons. The molecule has 0 aliphatic carbocycles. The Labute approximate surface area is 121 Å². The quantitative estimate of drug-likeness (QED) is 0.446. The van der Waals surface area contributed by atoms with E-state index < -0.39 is 11.0 Å². The van der Waals surface area contributed by atoms with Crippen molar-refractivity contribution >= 4 is 17.7 Å². The number of nitrogens with zero attached hydrogens (tertiary/aromatic N) is 1. The first-order chi connectivity index (χ1) is 9.95. The molecule has 0 unspecified atom stereocenters. The zero-order valence-electron chi connectivity index (χ0n) is 11.6. The zero-order valence-corrected chi connectivity index (χ0v) is 11.6. The third kappa shape index (κ3) is 5.09. The number of nitro benzene ring substituents is 1. The molecule has 21 heavy (non-hydrogen) atoms. The fraction of sp³-hybridized carbons (Fsp3) is 0.385. The highest BCUT2D eigenvalue weighted by Crippen LogP contribution is 2.18. The number of non-ortho nitro benzene ring substituents is 1. The van der Waals surface area contributed by atoms with Gasteiger partial charge in [-0.3, -0.25) is 14.9 Å². The van der Waals surface area contributed by atoms with Crippen LogP contribution < -0.4 is 11.1 Å². The van der Waals surface area contributed by atoms with Crippen LogP contribution in [0.4, 0.5) is 10.5 Å². The molecule has 0 saturated carbocycles. The number of nitro groups is 1. The summed E-state index contributed by atoms with van der Waals surface area (Å²) >= 11 is 0. The molecule has 0 atom stereocenters. The smallest absolute Gasteiger partial charge is 0.404 e. The number of ether oxygens (including phenoxy) is 1. The zero-order chi connectivity index (χ0) is 15.8. The Morgan fingerprint density at radius 1 is 1.43 bits per heavy atom. The second-order valence-corrected chi connectivity index (χ2v) is 4.23. The van der Waals surface area contributed by atoms with E-state index in [2.05, 4.69) is 10.1 Å². The first-order valence-electron chi connectivity index (χ1n) is 6.43. The number of nitrogens with one attached hydrogen (secondary N) is 1. The molecule has 0 spiro atoms. The molecule has 1 aromatic rings. The van der Waals surface area contributed by atoms with E-state index in [1.54, 1.807) is 0 Å². The third-order valence-electron chi connectivity index (χ3n) is 2.78. The maximum Gasteiger partial charge on any atom is 0.404 e. The lowest BCUT2D eigenvalue weighted by Gasteiger charge is -2.09. The van der Waals surface area contributed by atoms with Gasteiger partial charge in [0.05, 0.1) is 11.5 Å². The summed E-state index contributed by atoms with van der Waals surface area (Å²) in [4.78, 5) is 32.5. The monoisotopic (exact) mass is 295 g/mol. The van der Waals surface area contributed by atoms with Gasteiger partial charge in [0.15, 0.2) is 0 Å². The summed E-state index contributed by atoms with van der Waals surface area (Å²) in [7, 11) is 0. The average molecular weight is 295 g/mol. The van der Waals surface area contributed by atoms with E-state index in [9.17, 15) is 19.7 Å². The fourth-order valence-electron chi connectivity index (χ4n) is 1.75. The normalized spacial score (nSPS) is 9.95. The number of carbonyl (C=O) groups is 2. The van der Waals surface area contributed by atoms with Crippen molar-refractivity contribution in [2.24, 2.45) is 5.73 Å². The van der Waals surface area contributed by atoms with Gasteiger partial charge in [0.25, 0.3) is 11.6 Å². The minimum Gasteiger partial charge on any atom is -0.450 e. The molecule has 1 rings (SSSR count). The molecular formula is C13H17N3O5. The summed E-state index contributed by atoms with van der Waals surface area (Å²) in [6, 6.07) is 4.13. The van der Waals surface area contributed by atoms with E-state index in [1.165, 1.54) is 18.2 Å². The van der Waals surface area contributed by atoms with Crippen molar-refractivity contribution in [1.82, 2.24) is 5.32 Å². The van der Waals surface area contributed by atoms with Crippen molar-refractivity contribution in [2.75, 3.05) is 13.2 Å². The van der Waals surface area contributed by atoms with Crippen LogP contribution >= 0.6 is 0 Å². The summed E-state index contributed by atoms with van der Waals surface area (Å²) in [6.45, 7) is 2.25. The van der Waals surface area contributed by atoms with Crippen LogP contribution in [0.1, 0.15) is 29.3 Å². The van der Waals surface area contributed by atoms with Crippen LogP contribution in [-0.4, -0.2) is 30.1 Å². The van der Waals surface area contributed by atoms with E-state index in [0.717, 1.165) is 0 Å². The first-order valence-corrected chi connectivity index (χ1v) is 6.43. The van der Waals surface area contributed by atoms with Gasteiger partial charge < -0.3 is 15.8 Å². The standard InChI is InChI=1S/C13H17N3O5/c1-2-9-8-10(16(19)20)4-5-11(9)12(17)15-6-3-7-21-13(14)18/h4-5,8H,2-3,6-7H2,1H3,(H2,14,18)(H,15,17). The molecule has 2 amide bonds. The molecule has 0 aliphatic rings. The molecule has 0 aromatic heterocycles. The van der Waals surface area contributed by atoms with Gasteiger partial charge >= 0.3 is 6.09 Å². The summed E-state index contributed by atoms with van der Waals surface area (Å²) in [5.41, 5.74) is 5.76. The van der Waals surface area contributed by atoms with Gasteiger partial charge in [-0.05, 0) is 24.5 Å². The predicted octanol–water partition coefficient (Wildman–Crippen LogP) is 1.37. The molecule has 0 saturated heterocycles. The van der Waals surface area contributed by atoms with Crippen molar-refractivity contribution in [1.29, 1.82) is 0 Å². The summed E-state index contributed by atoms with van der Waals surface area (Å²) in [5.74, 6) is -0.319.